The van der Waals surface area contributed by atoms with E-state index in [1.165, 1.54) is 4.90 Å². The van der Waals surface area contributed by atoms with E-state index in [1.54, 1.807) is 12.4 Å². The molecule has 4 heterocycles. The van der Waals surface area contributed by atoms with Gasteiger partial charge in [0.1, 0.15) is 29.6 Å². The molecule has 2 aromatic carbocycles. The standard InChI is InChI=1S/C32H38BrN7O4Si/c1-21-36-25-6-5-24(15-28(25)40(21)20-43-13-14-45(2,3)4)44-29-8-7-26-31(30(29)33)37-27(17-34-26)23-16-35-39(19-23)18-22-9-11-38(12-10-22)32(41)42/h5-8,15-17,19,22H,9-14,18,20H2,1-4H3,(H,41,42). The Bertz CT molecular complexity index is 1840. The summed E-state index contributed by atoms with van der Waals surface area (Å²) in [4.78, 5) is 27.0. The monoisotopic (exact) mass is 691 g/mol. The molecule has 0 radical (unpaired) electrons. The summed E-state index contributed by atoms with van der Waals surface area (Å²) < 4.78 is 17.1. The third-order valence-corrected chi connectivity index (χ3v) is 10.7. The van der Waals surface area contributed by atoms with Gasteiger partial charge in [0.25, 0.3) is 0 Å². The highest BCUT2D eigenvalue weighted by atomic mass is 79.9. The van der Waals surface area contributed by atoms with Gasteiger partial charge in [0.2, 0.25) is 0 Å². The number of rotatable bonds is 10. The number of aryl methyl sites for hydroxylation is 1. The number of ether oxygens (including phenoxy) is 2. The molecule has 1 amide bonds. The molecule has 45 heavy (non-hydrogen) atoms. The van der Waals surface area contributed by atoms with E-state index >= 15 is 0 Å². The summed E-state index contributed by atoms with van der Waals surface area (Å²) in [5.41, 5.74) is 4.87. The van der Waals surface area contributed by atoms with E-state index in [2.05, 4.69) is 50.2 Å². The molecule has 236 valence electrons. The second-order valence-corrected chi connectivity index (χ2v) is 19.3. The van der Waals surface area contributed by atoms with Gasteiger partial charge in [-0.25, -0.2) is 14.8 Å². The van der Waals surface area contributed by atoms with Crippen LogP contribution in [-0.4, -0.2) is 73.2 Å². The molecule has 1 aliphatic rings. The van der Waals surface area contributed by atoms with Gasteiger partial charge in [-0.05, 0) is 71.9 Å². The predicted molar refractivity (Wildman–Crippen MR) is 179 cm³/mol. The first kappa shape index (κ1) is 31.2. The van der Waals surface area contributed by atoms with E-state index in [0.717, 1.165) is 60.0 Å². The fourth-order valence-corrected chi connectivity index (χ4v) is 6.78. The fourth-order valence-electron chi connectivity index (χ4n) is 5.52. The van der Waals surface area contributed by atoms with E-state index in [9.17, 15) is 9.90 Å². The molecule has 1 N–H and O–H groups in total. The molecule has 3 aromatic heterocycles. The van der Waals surface area contributed by atoms with E-state index in [0.29, 0.717) is 52.9 Å². The van der Waals surface area contributed by atoms with Gasteiger partial charge in [-0.2, -0.15) is 5.10 Å². The van der Waals surface area contributed by atoms with Crippen molar-refractivity contribution in [3.8, 4) is 22.8 Å². The summed E-state index contributed by atoms with van der Waals surface area (Å²) in [7, 11) is -1.16. The summed E-state index contributed by atoms with van der Waals surface area (Å²) in [5.74, 6) is 2.60. The van der Waals surface area contributed by atoms with E-state index in [-0.39, 0.29) is 0 Å². The molecule has 0 spiro atoms. The van der Waals surface area contributed by atoms with Crippen LogP contribution in [0, 0.1) is 12.8 Å². The third kappa shape index (κ3) is 7.20. The maximum atomic E-state index is 11.2. The number of carbonyl (C=O) groups is 1. The minimum absolute atomic E-state index is 0.383. The summed E-state index contributed by atoms with van der Waals surface area (Å²) in [6, 6.07) is 10.8. The molecular formula is C32H38BrN7O4Si. The second kappa shape index (κ2) is 12.9. The SMILES string of the molecule is Cc1nc2ccc(Oc3ccc4ncc(-c5cnn(CC6CCN(C(=O)O)CC6)c5)nc4c3Br)cc2n1COCC[Si](C)(C)C. The molecule has 0 unspecified atom stereocenters. The normalized spacial score (nSPS) is 14.5. The topological polar surface area (TPSA) is 120 Å². The molecular weight excluding hydrogens is 654 g/mol. The van der Waals surface area contributed by atoms with Crippen molar-refractivity contribution in [2.24, 2.45) is 5.92 Å². The zero-order valence-corrected chi connectivity index (χ0v) is 28.6. The Labute approximate surface area is 271 Å². The Hall–Kier alpha value is -3.81. The molecule has 1 aliphatic heterocycles. The summed E-state index contributed by atoms with van der Waals surface area (Å²) in [5, 5.41) is 13.8. The number of benzene rings is 2. The van der Waals surface area contributed by atoms with Gasteiger partial charge in [0.15, 0.2) is 0 Å². The summed E-state index contributed by atoms with van der Waals surface area (Å²) in [6.07, 6.45) is 6.34. The van der Waals surface area contributed by atoms with Crippen LogP contribution in [0.2, 0.25) is 25.7 Å². The van der Waals surface area contributed by atoms with Crippen LogP contribution in [0.15, 0.2) is 53.4 Å². The third-order valence-electron chi connectivity index (χ3n) is 8.23. The van der Waals surface area contributed by atoms with Crippen LogP contribution in [0.4, 0.5) is 4.79 Å². The number of fused-ring (bicyclic) bond motifs is 2. The molecule has 0 saturated carbocycles. The Morgan fingerprint density at radius 2 is 1.87 bits per heavy atom. The van der Waals surface area contributed by atoms with Crippen molar-refractivity contribution in [3.05, 3.63) is 59.2 Å². The number of likely N-dealkylation sites (tertiary alicyclic amines) is 1. The molecule has 0 atom stereocenters. The Morgan fingerprint density at radius 3 is 2.62 bits per heavy atom. The molecule has 0 aliphatic carbocycles. The molecule has 5 aromatic rings. The molecule has 13 heteroatoms. The van der Waals surface area contributed by atoms with Crippen LogP contribution in [-0.2, 0) is 18.0 Å². The van der Waals surface area contributed by atoms with Gasteiger partial charge in [-0.1, -0.05) is 19.6 Å². The number of nitrogens with zero attached hydrogens (tertiary/aromatic N) is 7. The lowest BCUT2D eigenvalue weighted by molar-refractivity contribution is 0.0885. The van der Waals surface area contributed by atoms with Crippen molar-refractivity contribution < 1.29 is 19.4 Å². The minimum Gasteiger partial charge on any atom is -0.465 e. The zero-order chi connectivity index (χ0) is 31.7. The number of hydrogen-bond donors (Lipinski definition) is 1. The average molecular weight is 693 g/mol. The number of halogens is 1. The minimum atomic E-state index is -1.16. The van der Waals surface area contributed by atoms with Gasteiger partial charge in [0, 0.05) is 52.1 Å². The van der Waals surface area contributed by atoms with Crippen LogP contribution in [0.3, 0.4) is 0 Å². The van der Waals surface area contributed by atoms with Crippen molar-refractivity contribution in [2.75, 3.05) is 19.7 Å². The highest BCUT2D eigenvalue weighted by molar-refractivity contribution is 9.10. The van der Waals surface area contributed by atoms with Crippen LogP contribution >= 0.6 is 15.9 Å². The zero-order valence-electron chi connectivity index (χ0n) is 26.0. The van der Waals surface area contributed by atoms with Crippen molar-refractivity contribution in [2.45, 2.75) is 58.7 Å². The number of hydrogen-bond acceptors (Lipinski definition) is 7. The number of imidazole rings is 1. The maximum Gasteiger partial charge on any atom is 0.407 e. The number of aromatic nitrogens is 6. The highest BCUT2D eigenvalue weighted by Crippen LogP contribution is 2.36. The molecule has 6 rings (SSSR count). The quantitative estimate of drug-likeness (QED) is 0.119. The van der Waals surface area contributed by atoms with Crippen molar-refractivity contribution in [3.63, 3.8) is 0 Å². The second-order valence-electron chi connectivity index (χ2n) is 12.9. The van der Waals surface area contributed by atoms with Gasteiger partial charge >= 0.3 is 6.09 Å². The van der Waals surface area contributed by atoms with Gasteiger partial charge in [-0.15, -0.1) is 0 Å². The van der Waals surface area contributed by atoms with Crippen molar-refractivity contribution in [1.29, 1.82) is 0 Å². The largest absolute Gasteiger partial charge is 0.465 e. The summed E-state index contributed by atoms with van der Waals surface area (Å²) >= 11 is 3.73. The lowest BCUT2D eigenvalue weighted by Crippen LogP contribution is -2.38. The number of piperidine rings is 1. The number of carboxylic acid groups (broad SMARTS) is 1. The molecule has 11 nitrogen and oxygen atoms in total. The Kier molecular flexibility index (Phi) is 8.93. The molecule has 1 fully saturated rings. The predicted octanol–water partition coefficient (Wildman–Crippen LogP) is 7.41. The summed E-state index contributed by atoms with van der Waals surface area (Å²) in [6.45, 7) is 12.1. The van der Waals surface area contributed by atoms with Crippen molar-refractivity contribution >= 4 is 52.2 Å². The van der Waals surface area contributed by atoms with Crippen molar-refractivity contribution in [1.82, 2.24) is 34.2 Å². The molecule has 0 bridgehead atoms. The van der Waals surface area contributed by atoms with Crippen LogP contribution < -0.4 is 4.74 Å². The highest BCUT2D eigenvalue weighted by Gasteiger charge is 2.23. The van der Waals surface area contributed by atoms with Gasteiger partial charge < -0.3 is 24.0 Å². The first-order chi connectivity index (χ1) is 21.5. The first-order valence-corrected chi connectivity index (χ1v) is 19.7. The fraction of sp³-hybridized carbons (Fsp3) is 0.406. The maximum absolute atomic E-state index is 11.2. The van der Waals surface area contributed by atoms with Gasteiger partial charge in [0.05, 0.1) is 39.1 Å². The lowest BCUT2D eigenvalue weighted by atomic mass is 9.97. The molecule has 1 saturated heterocycles. The van der Waals surface area contributed by atoms with Crippen LogP contribution in [0.1, 0.15) is 18.7 Å². The van der Waals surface area contributed by atoms with Crippen LogP contribution in [0.25, 0.3) is 33.3 Å². The average Bonchev–Trinajstić information content (AvgIpc) is 3.60. The number of amides is 1. The smallest absolute Gasteiger partial charge is 0.407 e. The Morgan fingerprint density at radius 1 is 1.09 bits per heavy atom. The first-order valence-electron chi connectivity index (χ1n) is 15.2. The van der Waals surface area contributed by atoms with E-state index in [1.807, 2.05) is 48.1 Å². The van der Waals surface area contributed by atoms with E-state index < -0.39 is 14.2 Å². The Balaban J connectivity index is 1.18. The van der Waals surface area contributed by atoms with Gasteiger partial charge in [-0.3, -0.25) is 9.67 Å². The van der Waals surface area contributed by atoms with Crippen LogP contribution in [0.5, 0.6) is 11.5 Å². The van der Waals surface area contributed by atoms with E-state index in [4.69, 9.17) is 19.4 Å². The lowest BCUT2D eigenvalue weighted by Gasteiger charge is -2.29.